The van der Waals surface area contributed by atoms with E-state index in [1.807, 2.05) is 0 Å². The molecular formula is C17H16Cl3N3O2. The number of hydrogen-bond donors (Lipinski definition) is 1. The van der Waals surface area contributed by atoms with Crippen LogP contribution in [0.3, 0.4) is 0 Å². The fourth-order valence-corrected chi connectivity index (χ4v) is 3.36. The minimum absolute atomic E-state index is 0.0356. The molecule has 1 amide bonds. The maximum absolute atomic E-state index is 12.3. The van der Waals surface area contributed by atoms with E-state index < -0.39 is 0 Å². The van der Waals surface area contributed by atoms with Crippen molar-refractivity contribution < 1.29 is 9.53 Å². The average Bonchev–Trinajstić information content (AvgIpc) is 2.58. The van der Waals surface area contributed by atoms with Crippen molar-refractivity contribution >= 4 is 40.7 Å². The number of nitrogens with one attached hydrogen (secondary N) is 1. The van der Waals surface area contributed by atoms with Gasteiger partial charge in [-0.3, -0.25) is 4.79 Å². The summed E-state index contributed by atoms with van der Waals surface area (Å²) in [6.07, 6.45) is 6.30. The second-order valence-corrected chi connectivity index (χ2v) is 7.15. The number of hydrogen-bond acceptors (Lipinski definition) is 4. The number of ether oxygens (including phenoxy) is 1. The Morgan fingerprint density at radius 1 is 1.04 bits per heavy atom. The van der Waals surface area contributed by atoms with Crippen LogP contribution in [-0.2, 0) is 0 Å². The van der Waals surface area contributed by atoms with Crippen molar-refractivity contribution in [3.8, 4) is 6.01 Å². The molecule has 0 radical (unpaired) electrons. The van der Waals surface area contributed by atoms with E-state index in [4.69, 9.17) is 39.5 Å². The predicted molar refractivity (Wildman–Crippen MR) is 97.6 cm³/mol. The molecule has 1 aliphatic rings. The highest BCUT2D eigenvalue weighted by atomic mass is 35.5. The lowest BCUT2D eigenvalue weighted by Gasteiger charge is -2.29. The van der Waals surface area contributed by atoms with Crippen molar-refractivity contribution in [1.29, 1.82) is 0 Å². The summed E-state index contributed by atoms with van der Waals surface area (Å²) in [5.74, 6) is -0.188. The van der Waals surface area contributed by atoms with Gasteiger partial charge in [-0.25, -0.2) is 9.97 Å². The normalized spacial score (nSPS) is 20.1. The molecule has 3 rings (SSSR count). The highest BCUT2D eigenvalue weighted by Crippen LogP contribution is 2.24. The number of carbonyl (C=O) groups excluding carboxylic acids is 1. The van der Waals surface area contributed by atoms with Crippen molar-refractivity contribution in [2.75, 3.05) is 0 Å². The number of nitrogens with zero attached hydrogens (tertiary/aromatic N) is 2. The molecule has 25 heavy (non-hydrogen) atoms. The molecule has 1 aliphatic carbocycles. The Kier molecular flexibility index (Phi) is 5.99. The quantitative estimate of drug-likeness (QED) is 0.817. The number of halogens is 3. The van der Waals surface area contributed by atoms with E-state index in [1.165, 1.54) is 12.4 Å². The molecule has 1 aromatic carbocycles. The zero-order chi connectivity index (χ0) is 17.8. The molecule has 0 spiro atoms. The first-order valence-corrected chi connectivity index (χ1v) is 9.05. The fourth-order valence-electron chi connectivity index (χ4n) is 2.77. The van der Waals surface area contributed by atoms with Gasteiger partial charge in [0.25, 0.3) is 5.91 Å². The molecular weight excluding hydrogens is 385 g/mol. The van der Waals surface area contributed by atoms with Gasteiger partial charge in [-0.15, -0.1) is 0 Å². The largest absolute Gasteiger partial charge is 0.460 e. The number of carbonyl (C=O) groups is 1. The van der Waals surface area contributed by atoms with E-state index in [-0.39, 0.29) is 18.1 Å². The van der Waals surface area contributed by atoms with Gasteiger partial charge in [0.1, 0.15) is 6.10 Å². The summed E-state index contributed by atoms with van der Waals surface area (Å²) in [5, 5.41) is 4.34. The molecule has 132 valence electrons. The summed E-state index contributed by atoms with van der Waals surface area (Å²) in [6, 6.07) is 5.26. The zero-order valence-electron chi connectivity index (χ0n) is 13.2. The van der Waals surface area contributed by atoms with Gasteiger partial charge in [-0.05, 0) is 43.9 Å². The molecule has 1 aromatic heterocycles. The third-order valence-corrected chi connectivity index (χ3v) is 4.80. The van der Waals surface area contributed by atoms with Crippen LogP contribution >= 0.6 is 34.8 Å². The standard InChI is InChI=1S/C17H16Cl3N3O2/c18-10-1-6-14(15(20)7-10)16(24)23-12-2-4-13(5-3-12)25-17-21-8-11(19)9-22-17/h1,6-9,12-13H,2-5H2,(H,23,24). The maximum Gasteiger partial charge on any atom is 0.316 e. The average molecular weight is 401 g/mol. The molecule has 0 atom stereocenters. The molecule has 0 saturated heterocycles. The molecule has 1 saturated carbocycles. The van der Waals surface area contributed by atoms with Crippen molar-refractivity contribution in [1.82, 2.24) is 15.3 Å². The van der Waals surface area contributed by atoms with Gasteiger partial charge in [0, 0.05) is 11.1 Å². The first-order valence-electron chi connectivity index (χ1n) is 7.91. The molecule has 1 N–H and O–H groups in total. The summed E-state index contributed by atoms with van der Waals surface area (Å²) in [6.45, 7) is 0. The van der Waals surface area contributed by atoms with Crippen LogP contribution in [0.1, 0.15) is 36.0 Å². The van der Waals surface area contributed by atoms with E-state index in [2.05, 4.69) is 15.3 Å². The summed E-state index contributed by atoms with van der Waals surface area (Å²) < 4.78 is 5.75. The highest BCUT2D eigenvalue weighted by Gasteiger charge is 2.25. The number of benzene rings is 1. The van der Waals surface area contributed by atoms with Gasteiger partial charge in [0.2, 0.25) is 0 Å². The van der Waals surface area contributed by atoms with Crippen molar-refractivity contribution in [2.24, 2.45) is 0 Å². The minimum atomic E-state index is -0.188. The number of rotatable bonds is 4. The third-order valence-electron chi connectivity index (χ3n) is 4.05. The first-order chi connectivity index (χ1) is 12.0. The summed E-state index contributed by atoms with van der Waals surface area (Å²) in [4.78, 5) is 20.4. The molecule has 1 heterocycles. The molecule has 0 bridgehead atoms. The van der Waals surface area contributed by atoms with Crippen LogP contribution in [0.5, 0.6) is 6.01 Å². The van der Waals surface area contributed by atoms with Crippen LogP contribution in [-0.4, -0.2) is 28.0 Å². The smallest absolute Gasteiger partial charge is 0.316 e. The van der Waals surface area contributed by atoms with Gasteiger partial charge >= 0.3 is 6.01 Å². The summed E-state index contributed by atoms with van der Waals surface area (Å²) in [5.41, 5.74) is 0.430. The van der Waals surface area contributed by atoms with Crippen LogP contribution in [0.25, 0.3) is 0 Å². The van der Waals surface area contributed by atoms with Crippen molar-refractivity contribution in [3.05, 3.63) is 51.2 Å². The molecule has 0 unspecified atom stereocenters. The monoisotopic (exact) mass is 399 g/mol. The Hall–Kier alpha value is -1.56. The predicted octanol–water partition coefficient (Wildman–Crippen LogP) is 4.56. The Balaban J connectivity index is 1.50. The lowest BCUT2D eigenvalue weighted by Crippen LogP contribution is -2.39. The molecule has 1 fully saturated rings. The van der Waals surface area contributed by atoms with E-state index in [0.717, 1.165) is 25.7 Å². The third kappa shape index (κ3) is 4.97. The van der Waals surface area contributed by atoms with E-state index in [0.29, 0.717) is 26.6 Å². The van der Waals surface area contributed by atoms with Crippen LogP contribution in [0.15, 0.2) is 30.6 Å². The summed E-state index contributed by atoms with van der Waals surface area (Å²) in [7, 11) is 0. The second kappa shape index (κ2) is 8.21. The van der Waals surface area contributed by atoms with Crippen LogP contribution < -0.4 is 10.1 Å². The lowest BCUT2D eigenvalue weighted by atomic mass is 9.92. The van der Waals surface area contributed by atoms with Crippen molar-refractivity contribution in [2.45, 2.75) is 37.8 Å². The van der Waals surface area contributed by atoms with Crippen LogP contribution in [0.2, 0.25) is 15.1 Å². The Bertz CT molecular complexity index is 747. The van der Waals surface area contributed by atoms with Gasteiger partial charge in [0.05, 0.1) is 28.0 Å². The van der Waals surface area contributed by atoms with Crippen LogP contribution in [0, 0.1) is 0 Å². The summed E-state index contributed by atoms with van der Waals surface area (Å²) >= 11 is 17.7. The van der Waals surface area contributed by atoms with E-state index in [1.54, 1.807) is 18.2 Å². The molecule has 2 aromatic rings. The van der Waals surface area contributed by atoms with Gasteiger partial charge < -0.3 is 10.1 Å². The molecule has 0 aliphatic heterocycles. The van der Waals surface area contributed by atoms with Gasteiger partial charge in [-0.2, -0.15) is 0 Å². The van der Waals surface area contributed by atoms with E-state index in [9.17, 15) is 4.79 Å². The number of aromatic nitrogens is 2. The minimum Gasteiger partial charge on any atom is -0.460 e. The highest BCUT2D eigenvalue weighted by molar-refractivity contribution is 6.36. The second-order valence-electron chi connectivity index (χ2n) is 5.87. The first kappa shape index (κ1) is 18.2. The van der Waals surface area contributed by atoms with Gasteiger partial charge in [0.15, 0.2) is 0 Å². The van der Waals surface area contributed by atoms with Crippen LogP contribution in [0.4, 0.5) is 0 Å². The Morgan fingerprint density at radius 2 is 1.72 bits per heavy atom. The van der Waals surface area contributed by atoms with E-state index >= 15 is 0 Å². The fraction of sp³-hybridized carbons (Fsp3) is 0.353. The lowest BCUT2D eigenvalue weighted by molar-refractivity contribution is 0.0885. The Morgan fingerprint density at radius 3 is 2.36 bits per heavy atom. The Labute approximate surface area is 160 Å². The topological polar surface area (TPSA) is 64.1 Å². The zero-order valence-corrected chi connectivity index (χ0v) is 15.5. The maximum atomic E-state index is 12.3. The molecule has 5 nitrogen and oxygen atoms in total. The molecule has 8 heteroatoms. The van der Waals surface area contributed by atoms with Gasteiger partial charge in [-0.1, -0.05) is 34.8 Å². The SMILES string of the molecule is O=C(NC1CCC(Oc2ncc(Cl)cn2)CC1)c1ccc(Cl)cc1Cl. The van der Waals surface area contributed by atoms with Crippen molar-refractivity contribution in [3.63, 3.8) is 0 Å². The number of amides is 1.